The number of fused-ring (bicyclic) bond motifs is 1. The van der Waals surface area contributed by atoms with E-state index in [1.807, 2.05) is 6.07 Å². The number of halogens is 1. The summed E-state index contributed by atoms with van der Waals surface area (Å²) in [6, 6.07) is 6.46. The molecule has 2 atom stereocenters. The van der Waals surface area contributed by atoms with E-state index < -0.39 is 0 Å². The topological polar surface area (TPSA) is 53.7 Å². The summed E-state index contributed by atoms with van der Waals surface area (Å²) < 4.78 is 15.3. The van der Waals surface area contributed by atoms with Crippen molar-refractivity contribution >= 4 is 16.3 Å². The Morgan fingerprint density at radius 2 is 2.29 bits per heavy atom. The van der Waals surface area contributed by atoms with Crippen LogP contribution in [0.3, 0.4) is 0 Å². The highest BCUT2D eigenvalue weighted by molar-refractivity contribution is 7.17. The molecule has 5 nitrogen and oxygen atoms in total. The van der Waals surface area contributed by atoms with Crippen LogP contribution in [-0.2, 0) is 0 Å². The molecule has 0 aliphatic carbocycles. The zero-order valence-corrected chi connectivity index (χ0v) is 14.2. The molecule has 126 valence electrons. The minimum Gasteiger partial charge on any atom is -0.492 e. The van der Waals surface area contributed by atoms with Crippen LogP contribution in [0.5, 0.6) is 5.88 Å². The van der Waals surface area contributed by atoms with E-state index in [0.29, 0.717) is 10.9 Å². The minimum absolute atomic E-state index is 0.0972. The number of nitrogens with zero attached hydrogens (tertiary/aromatic N) is 4. The number of rotatable bonds is 3. The van der Waals surface area contributed by atoms with Crippen molar-refractivity contribution in [2.45, 2.75) is 25.8 Å². The third-order valence-corrected chi connectivity index (χ3v) is 5.69. The van der Waals surface area contributed by atoms with Crippen molar-refractivity contribution in [2.75, 3.05) is 13.1 Å². The molecule has 1 aliphatic heterocycles. The monoisotopic (exact) mass is 346 g/mol. The molecule has 0 saturated carbocycles. The van der Waals surface area contributed by atoms with Crippen molar-refractivity contribution < 1.29 is 9.50 Å². The Bertz CT molecular complexity index is 861. The third kappa shape index (κ3) is 2.67. The Hall–Kier alpha value is -1.99. The molecular formula is C17H19FN4OS. The molecule has 1 aromatic carbocycles. The van der Waals surface area contributed by atoms with E-state index >= 15 is 0 Å². The van der Waals surface area contributed by atoms with Crippen molar-refractivity contribution in [1.29, 1.82) is 0 Å². The van der Waals surface area contributed by atoms with E-state index in [9.17, 15) is 9.50 Å². The van der Waals surface area contributed by atoms with Crippen LogP contribution < -0.4 is 0 Å². The van der Waals surface area contributed by atoms with Crippen LogP contribution in [0.25, 0.3) is 4.96 Å². The van der Waals surface area contributed by atoms with Crippen LogP contribution in [0.4, 0.5) is 4.39 Å². The number of aromatic nitrogens is 3. The van der Waals surface area contributed by atoms with Crippen LogP contribution in [0, 0.1) is 11.7 Å². The quantitative estimate of drug-likeness (QED) is 0.789. The highest BCUT2D eigenvalue weighted by Gasteiger charge is 2.31. The molecular weight excluding hydrogens is 327 g/mol. The highest BCUT2D eigenvalue weighted by atomic mass is 32.1. The fourth-order valence-corrected chi connectivity index (χ4v) is 4.63. The first-order valence-corrected chi connectivity index (χ1v) is 8.96. The molecule has 1 fully saturated rings. The number of piperidine rings is 1. The van der Waals surface area contributed by atoms with Crippen LogP contribution in [0.15, 0.2) is 30.6 Å². The second kappa shape index (κ2) is 6.14. The van der Waals surface area contributed by atoms with Crippen LogP contribution in [0.1, 0.15) is 36.2 Å². The van der Waals surface area contributed by atoms with Gasteiger partial charge in [0.25, 0.3) is 0 Å². The second-order valence-electron chi connectivity index (χ2n) is 6.44. The minimum atomic E-state index is -0.262. The summed E-state index contributed by atoms with van der Waals surface area (Å²) in [4.78, 5) is 7.91. The van der Waals surface area contributed by atoms with Crippen LogP contribution >= 0.6 is 11.3 Å². The maximum absolute atomic E-state index is 13.8. The average molecular weight is 346 g/mol. The summed E-state index contributed by atoms with van der Waals surface area (Å²) in [5, 5.41) is 14.7. The first-order chi connectivity index (χ1) is 11.6. The van der Waals surface area contributed by atoms with Gasteiger partial charge in [-0.05, 0) is 43.0 Å². The number of benzene rings is 1. The van der Waals surface area contributed by atoms with Gasteiger partial charge in [0.2, 0.25) is 10.8 Å². The highest BCUT2D eigenvalue weighted by Crippen LogP contribution is 2.41. The molecule has 1 aliphatic rings. The van der Waals surface area contributed by atoms with Crippen molar-refractivity contribution in [2.24, 2.45) is 5.92 Å². The second-order valence-corrected chi connectivity index (χ2v) is 7.45. The van der Waals surface area contributed by atoms with Gasteiger partial charge in [-0.2, -0.15) is 9.61 Å². The van der Waals surface area contributed by atoms with E-state index in [0.717, 1.165) is 30.0 Å². The Kier molecular flexibility index (Phi) is 3.97. The molecule has 4 rings (SSSR count). The van der Waals surface area contributed by atoms with Crippen LogP contribution in [-0.4, -0.2) is 37.7 Å². The molecule has 3 aromatic rings. The SMILES string of the molecule is C[C@@H]1CCCN([C@@H](c2cccc(F)c2)c2sc3ncnn3c2O)C1. The van der Waals surface area contributed by atoms with E-state index in [2.05, 4.69) is 21.9 Å². The first kappa shape index (κ1) is 15.5. The molecule has 0 unspecified atom stereocenters. The van der Waals surface area contributed by atoms with Crippen molar-refractivity contribution in [3.8, 4) is 5.88 Å². The zero-order chi connectivity index (χ0) is 16.7. The Morgan fingerprint density at radius 3 is 3.04 bits per heavy atom. The lowest BCUT2D eigenvalue weighted by atomic mass is 9.95. The molecule has 0 radical (unpaired) electrons. The summed E-state index contributed by atoms with van der Waals surface area (Å²) in [6.45, 7) is 4.09. The fourth-order valence-electron chi connectivity index (χ4n) is 3.54. The van der Waals surface area contributed by atoms with Gasteiger partial charge in [-0.25, -0.2) is 9.37 Å². The van der Waals surface area contributed by atoms with Gasteiger partial charge in [-0.3, -0.25) is 4.90 Å². The smallest absolute Gasteiger partial charge is 0.230 e. The van der Waals surface area contributed by atoms with Gasteiger partial charge in [0.1, 0.15) is 12.1 Å². The molecule has 1 saturated heterocycles. The predicted molar refractivity (Wildman–Crippen MR) is 90.7 cm³/mol. The Morgan fingerprint density at radius 1 is 1.42 bits per heavy atom. The number of aromatic hydroxyl groups is 1. The molecule has 24 heavy (non-hydrogen) atoms. The number of likely N-dealkylation sites (tertiary alicyclic amines) is 1. The molecule has 1 N–H and O–H groups in total. The van der Waals surface area contributed by atoms with E-state index in [4.69, 9.17) is 0 Å². The van der Waals surface area contributed by atoms with Crippen LogP contribution in [0.2, 0.25) is 0 Å². The van der Waals surface area contributed by atoms with Crippen molar-refractivity contribution in [3.63, 3.8) is 0 Å². The van der Waals surface area contributed by atoms with Crippen molar-refractivity contribution in [1.82, 2.24) is 19.5 Å². The average Bonchev–Trinajstić information content (AvgIpc) is 3.12. The van der Waals surface area contributed by atoms with Gasteiger partial charge in [0.05, 0.1) is 10.9 Å². The standard InChI is InChI=1S/C17H19FN4OS/c1-11-4-3-7-21(9-11)14(12-5-2-6-13(18)8-12)15-16(23)22-17(24-15)19-10-20-22/h2,5-6,8,10-11,14,23H,3-4,7,9H2,1H3/t11-,14+/m1/s1. The lowest BCUT2D eigenvalue weighted by Crippen LogP contribution is -2.37. The molecule has 0 bridgehead atoms. The van der Waals surface area contributed by atoms with Gasteiger partial charge >= 0.3 is 0 Å². The normalized spacial score (nSPS) is 20.5. The summed E-state index contributed by atoms with van der Waals surface area (Å²) in [7, 11) is 0. The van der Waals surface area contributed by atoms with E-state index in [1.54, 1.807) is 12.1 Å². The van der Waals surface area contributed by atoms with Gasteiger partial charge in [0.15, 0.2) is 0 Å². The number of thiazole rings is 1. The maximum Gasteiger partial charge on any atom is 0.230 e. The fraction of sp³-hybridized carbons (Fsp3) is 0.412. The van der Waals surface area contributed by atoms with Gasteiger partial charge in [-0.1, -0.05) is 30.4 Å². The van der Waals surface area contributed by atoms with Gasteiger partial charge < -0.3 is 5.11 Å². The zero-order valence-electron chi connectivity index (χ0n) is 13.4. The van der Waals surface area contributed by atoms with E-state index in [-0.39, 0.29) is 17.7 Å². The summed E-state index contributed by atoms with van der Waals surface area (Å²) in [5.74, 6) is 0.417. The maximum atomic E-state index is 13.8. The molecule has 7 heteroatoms. The molecule has 2 aromatic heterocycles. The summed E-state index contributed by atoms with van der Waals surface area (Å²) in [6.07, 6.45) is 3.73. The van der Waals surface area contributed by atoms with E-state index in [1.165, 1.54) is 34.7 Å². The predicted octanol–water partition coefficient (Wildman–Crippen LogP) is 3.46. The summed E-state index contributed by atoms with van der Waals surface area (Å²) >= 11 is 1.41. The largest absolute Gasteiger partial charge is 0.492 e. The Balaban J connectivity index is 1.83. The van der Waals surface area contributed by atoms with Gasteiger partial charge in [-0.15, -0.1) is 0 Å². The number of hydrogen-bond acceptors (Lipinski definition) is 5. The van der Waals surface area contributed by atoms with Crippen molar-refractivity contribution in [3.05, 3.63) is 46.9 Å². The number of hydrogen-bond donors (Lipinski definition) is 1. The molecule has 0 spiro atoms. The molecule has 0 amide bonds. The molecule has 3 heterocycles. The lowest BCUT2D eigenvalue weighted by Gasteiger charge is -2.37. The Labute approximate surface area is 143 Å². The van der Waals surface area contributed by atoms with Gasteiger partial charge in [0, 0.05) is 6.54 Å². The first-order valence-electron chi connectivity index (χ1n) is 8.14. The third-order valence-electron chi connectivity index (χ3n) is 4.61. The lowest BCUT2D eigenvalue weighted by molar-refractivity contribution is 0.149. The summed E-state index contributed by atoms with van der Waals surface area (Å²) in [5.41, 5.74) is 0.851.